The third-order valence-electron chi connectivity index (χ3n) is 3.65. The summed E-state index contributed by atoms with van der Waals surface area (Å²) in [6, 6.07) is 14.8. The van der Waals surface area contributed by atoms with Gasteiger partial charge in [-0.05, 0) is 42.0 Å². The van der Waals surface area contributed by atoms with Crippen molar-refractivity contribution in [2.24, 2.45) is 0 Å². The van der Waals surface area contributed by atoms with E-state index in [4.69, 9.17) is 20.9 Å². The largest absolute Gasteiger partial charge is 0.497 e. The van der Waals surface area contributed by atoms with Crippen LogP contribution in [0.3, 0.4) is 0 Å². The number of hydrogen-bond acceptors (Lipinski definition) is 6. The molecule has 6 nitrogen and oxygen atoms in total. The molecule has 1 amide bonds. The summed E-state index contributed by atoms with van der Waals surface area (Å²) in [5.41, 5.74) is 1.78. The summed E-state index contributed by atoms with van der Waals surface area (Å²) >= 11 is 7.35. The predicted molar refractivity (Wildman–Crippen MR) is 106 cm³/mol. The van der Waals surface area contributed by atoms with Crippen molar-refractivity contribution in [2.45, 2.75) is 12.3 Å². The van der Waals surface area contributed by atoms with Crippen molar-refractivity contribution >= 4 is 29.3 Å². The van der Waals surface area contributed by atoms with Gasteiger partial charge in [0, 0.05) is 17.1 Å². The van der Waals surface area contributed by atoms with E-state index in [1.165, 1.54) is 11.8 Å². The molecule has 0 radical (unpaired) electrons. The number of methoxy groups -OCH3 is 1. The van der Waals surface area contributed by atoms with Crippen LogP contribution in [0.25, 0.3) is 11.5 Å². The van der Waals surface area contributed by atoms with Crippen LogP contribution in [-0.4, -0.2) is 28.9 Å². The maximum absolute atomic E-state index is 11.9. The van der Waals surface area contributed by atoms with E-state index in [0.717, 1.165) is 16.9 Å². The summed E-state index contributed by atoms with van der Waals surface area (Å²) in [6.45, 7) is 0.448. The Labute approximate surface area is 166 Å². The summed E-state index contributed by atoms with van der Waals surface area (Å²) in [7, 11) is 1.61. The van der Waals surface area contributed by atoms with Gasteiger partial charge in [-0.15, -0.1) is 11.8 Å². The molecular formula is C19H18ClN3O3S. The molecule has 27 heavy (non-hydrogen) atoms. The third-order valence-corrected chi connectivity index (χ3v) is 4.81. The van der Waals surface area contributed by atoms with Gasteiger partial charge in [0.25, 0.3) is 5.89 Å². The van der Waals surface area contributed by atoms with E-state index in [-0.39, 0.29) is 5.91 Å². The van der Waals surface area contributed by atoms with E-state index in [9.17, 15) is 4.79 Å². The minimum atomic E-state index is -0.0566. The zero-order valence-corrected chi connectivity index (χ0v) is 16.2. The quantitative estimate of drug-likeness (QED) is 0.613. The lowest BCUT2D eigenvalue weighted by Gasteiger charge is -2.05. The van der Waals surface area contributed by atoms with Gasteiger partial charge in [-0.3, -0.25) is 4.79 Å². The number of halogens is 1. The van der Waals surface area contributed by atoms with Crippen LogP contribution in [0.2, 0.25) is 5.02 Å². The van der Waals surface area contributed by atoms with Crippen LogP contribution in [0.5, 0.6) is 5.75 Å². The summed E-state index contributed by atoms with van der Waals surface area (Å²) in [6.07, 6.45) is 0. The minimum Gasteiger partial charge on any atom is -0.497 e. The Balaban J connectivity index is 1.43. The number of rotatable bonds is 8. The average Bonchev–Trinajstić information content (AvgIpc) is 3.15. The van der Waals surface area contributed by atoms with Crippen molar-refractivity contribution in [3.8, 4) is 17.2 Å². The highest BCUT2D eigenvalue weighted by molar-refractivity contribution is 7.99. The van der Waals surface area contributed by atoms with Gasteiger partial charge in [0.2, 0.25) is 5.91 Å². The van der Waals surface area contributed by atoms with Gasteiger partial charge < -0.3 is 14.6 Å². The van der Waals surface area contributed by atoms with Crippen molar-refractivity contribution < 1.29 is 14.1 Å². The maximum atomic E-state index is 11.9. The number of benzene rings is 2. The Morgan fingerprint density at radius 2 is 2.07 bits per heavy atom. The minimum absolute atomic E-state index is 0.0566. The van der Waals surface area contributed by atoms with Crippen LogP contribution >= 0.6 is 23.4 Å². The monoisotopic (exact) mass is 403 g/mol. The molecule has 0 atom stereocenters. The molecule has 0 aliphatic heterocycles. The zero-order chi connectivity index (χ0) is 19.1. The molecule has 0 unspecified atom stereocenters. The van der Waals surface area contributed by atoms with Gasteiger partial charge in [-0.1, -0.05) is 28.9 Å². The van der Waals surface area contributed by atoms with Crippen LogP contribution in [0.15, 0.2) is 53.1 Å². The first-order valence-corrected chi connectivity index (χ1v) is 9.73. The Bertz CT molecular complexity index is 899. The highest BCUT2D eigenvalue weighted by Crippen LogP contribution is 2.21. The van der Waals surface area contributed by atoms with Gasteiger partial charge in [-0.25, -0.2) is 0 Å². The van der Waals surface area contributed by atoms with Crippen LogP contribution in [-0.2, 0) is 17.1 Å². The molecule has 1 heterocycles. The van der Waals surface area contributed by atoms with E-state index in [2.05, 4.69) is 15.5 Å². The predicted octanol–water partition coefficient (Wildman–Crippen LogP) is 3.95. The van der Waals surface area contributed by atoms with Crippen molar-refractivity contribution in [1.29, 1.82) is 0 Å². The molecular weight excluding hydrogens is 386 g/mol. The fraction of sp³-hybridized carbons (Fsp3) is 0.211. The summed E-state index contributed by atoms with van der Waals surface area (Å²) in [4.78, 5) is 16.3. The Morgan fingerprint density at radius 3 is 2.81 bits per heavy atom. The molecule has 1 N–H and O–H groups in total. The zero-order valence-electron chi connectivity index (χ0n) is 14.6. The second kappa shape index (κ2) is 9.43. The highest BCUT2D eigenvalue weighted by atomic mass is 35.5. The number of amides is 1. The van der Waals surface area contributed by atoms with Crippen LogP contribution in [0, 0.1) is 0 Å². The molecule has 0 saturated carbocycles. The molecule has 0 aliphatic carbocycles. The van der Waals surface area contributed by atoms with Crippen molar-refractivity contribution in [3.63, 3.8) is 0 Å². The standard InChI is InChI=1S/C19H18ClN3O3S/c1-25-16-7-5-14(6-8-16)19-22-17(23-26-19)11-27-12-18(24)21-10-13-3-2-4-15(20)9-13/h2-9H,10-12H2,1H3,(H,21,24). The number of aromatic nitrogens is 2. The number of hydrogen-bond donors (Lipinski definition) is 1. The first kappa shape index (κ1) is 19.3. The topological polar surface area (TPSA) is 77.2 Å². The number of carbonyl (C=O) groups excluding carboxylic acids is 1. The molecule has 1 aromatic heterocycles. The number of carbonyl (C=O) groups is 1. The number of ether oxygens (including phenoxy) is 1. The molecule has 8 heteroatoms. The van der Waals surface area contributed by atoms with Crippen molar-refractivity contribution in [3.05, 3.63) is 64.9 Å². The van der Waals surface area contributed by atoms with E-state index < -0.39 is 0 Å². The second-order valence-corrected chi connectivity index (χ2v) is 7.07. The SMILES string of the molecule is COc1ccc(-c2nc(CSCC(=O)NCc3cccc(Cl)c3)no2)cc1. The smallest absolute Gasteiger partial charge is 0.257 e. The molecule has 140 valence electrons. The first-order chi connectivity index (χ1) is 13.1. The summed E-state index contributed by atoms with van der Waals surface area (Å²) in [5.74, 6) is 2.50. The van der Waals surface area contributed by atoms with Gasteiger partial charge in [0.1, 0.15) is 5.75 Å². The molecule has 3 aromatic rings. The van der Waals surface area contributed by atoms with Crippen molar-refractivity contribution in [2.75, 3.05) is 12.9 Å². The van der Waals surface area contributed by atoms with E-state index in [1.807, 2.05) is 42.5 Å². The van der Waals surface area contributed by atoms with Gasteiger partial charge >= 0.3 is 0 Å². The summed E-state index contributed by atoms with van der Waals surface area (Å²) in [5, 5.41) is 7.46. The Kier molecular flexibility index (Phi) is 6.73. The van der Waals surface area contributed by atoms with Gasteiger partial charge in [0.05, 0.1) is 18.6 Å². The van der Waals surface area contributed by atoms with Gasteiger partial charge in [0.15, 0.2) is 5.82 Å². The summed E-state index contributed by atoms with van der Waals surface area (Å²) < 4.78 is 10.4. The number of nitrogens with zero attached hydrogens (tertiary/aromatic N) is 2. The number of nitrogens with one attached hydrogen (secondary N) is 1. The molecule has 0 aliphatic rings. The normalized spacial score (nSPS) is 10.6. The van der Waals surface area contributed by atoms with E-state index in [1.54, 1.807) is 13.2 Å². The van der Waals surface area contributed by atoms with Gasteiger partial charge in [-0.2, -0.15) is 4.98 Å². The fourth-order valence-corrected chi connectivity index (χ4v) is 3.20. The Hall–Kier alpha value is -2.51. The van der Waals surface area contributed by atoms with Crippen LogP contribution in [0.4, 0.5) is 0 Å². The molecule has 0 bridgehead atoms. The maximum Gasteiger partial charge on any atom is 0.257 e. The van der Waals surface area contributed by atoms with E-state index in [0.29, 0.717) is 34.8 Å². The molecule has 0 fully saturated rings. The van der Waals surface area contributed by atoms with Crippen molar-refractivity contribution in [1.82, 2.24) is 15.5 Å². The fourth-order valence-electron chi connectivity index (χ4n) is 2.30. The average molecular weight is 404 g/mol. The van der Waals surface area contributed by atoms with E-state index >= 15 is 0 Å². The van der Waals surface area contributed by atoms with Crippen LogP contribution in [0.1, 0.15) is 11.4 Å². The lowest BCUT2D eigenvalue weighted by Crippen LogP contribution is -2.24. The first-order valence-electron chi connectivity index (χ1n) is 8.20. The molecule has 0 spiro atoms. The molecule has 0 saturated heterocycles. The molecule has 3 rings (SSSR count). The second-order valence-electron chi connectivity index (χ2n) is 5.64. The lowest BCUT2D eigenvalue weighted by atomic mass is 10.2. The third kappa shape index (κ3) is 5.74. The number of thioether (sulfide) groups is 1. The highest BCUT2D eigenvalue weighted by Gasteiger charge is 2.10. The lowest BCUT2D eigenvalue weighted by molar-refractivity contribution is -0.118. The Morgan fingerprint density at radius 1 is 1.26 bits per heavy atom. The van der Waals surface area contributed by atoms with Crippen LogP contribution < -0.4 is 10.1 Å². The molecule has 2 aromatic carbocycles.